The maximum Gasteiger partial charge on any atom is 0.255 e. The summed E-state index contributed by atoms with van der Waals surface area (Å²) in [5, 5.41) is 13.3. The van der Waals surface area contributed by atoms with Gasteiger partial charge in [0.2, 0.25) is 0 Å². The highest BCUT2D eigenvalue weighted by Crippen LogP contribution is 2.23. The van der Waals surface area contributed by atoms with Crippen LogP contribution >= 0.6 is 11.6 Å². The first-order valence-electron chi connectivity index (χ1n) is 6.24. The molecule has 0 radical (unpaired) electrons. The number of ether oxygens (including phenoxy) is 1. The van der Waals surface area contributed by atoms with E-state index in [1.807, 2.05) is 19.0 Å². The lowest BCUT2D eigenvalue weighted by Crippen LogP contribution is -2.47. The predicted octanol–water partition coefficient (Wildman–Crippen LogP) is 1.39. The van der Waals surface area contributed by atoms with E-state index < -0.39 is 5.60 Å². The molecule has 1 aromatic carbocycles. The third kappa shape index (κ3) is 5.00. The Kier molecular flexibility index (Phi) is 5.80. The number of likely N-dealkylation sites (N-methyl/N-ethyl adjacent to an activating group) is 1. The summed E-state index contributed by atoms with van der Waals surface area (Å²) in [6, 6.07) is 4.79. The van der Waals surface area contributed by atoms with Gasteiger partial charge in [-0.25, -0.2) is 0 Å². The first-order chi connectivity index (χ1) is 9.25. The summed E-state index contributed by atoms with van der Waals surface area (Å²) in [6.07, 6.45) is 0. The van der Waals surface area contributed by atoms with Crippen LogP contribution in [0.2, 0.25) is 5.02 Å². The van der Waals surface area contributed by atoms with Crippen LogP contribution in [0.3, 0.4) is 0 Å². The van der Waals surface area contributed by atoms with Crippen LogP contribution in [0.25, 0.3) is 0 Å². The van der Waals surface area contributed by atoms with Gasteiger partial charge in [0.05, 0.1) is 18.3 Å². The van der Waals surface area contributed by atoms with Gasteiger partial charge >= 0.3 is 0 Å². The lowest BCUT2D eigenvalue weighted by Gasteiger charge is -2.27. The minimum Gasteiger partial charge on any atom is -0.496 e. The SMILES string of the molecule is COc1cc(Cl)ccc1C(=O)NCC(C)(O)CN(C)C. The predicted molar refractivity (Wildman–Crippen MR) is 79.5 cm³/mol. The van der Waals surface area contributed by atoms with Gasteiger partial charge in [-0.2, -0.15) is 0 Å². The van der Waals surface area contributed by atoms with E-state index in [0.717, 1.165) is 0 Å². The third-order valence-electron chi connectivity index (χ3n) is 2.69. The molecule has 1 amide bonds. The number of rotatable bonds is 6. The lowest BCUT2D eigenvalue weighted by atomic mass is 10.1. The Morgan fingerprint density at radius 2 is 2.15 bits per heavy atom. The summed E-state index contributed by atoms with van der Waals surface area (Å²) in [4.78, 5) is 14.0. The van der Waals surface area contributed by atoms with Crippen molar-refractivity contribution in [3.05, 3.63) is 28.8 Å². The van der Waals surface area contributed by atoms with Gasteiger partial charge in [0.25, 0.3) is 5.91 Å². The minimum atomic E-state index is -1.00. The number of methoxy groups -OCH3 is 1. The van der Waals surface area contributed by atoms with Crippen LogP contribution < -0.4 is 10.1 Å². The molecule has 0 aromatic heterocycles. The van der Waals surface area contributed by atoms with E-state index in [0.29, 0.717) is 22.9 Å². The molecule has 0 aliphatic heterocycles. The fraction of sp³-hybridized carbons (Fsp3) is 0.500. The number of amides is 1. The zero-order valence-electron chi connectivity index (χ0n) is 12.2. The van der Waals surface area contributed by atoms with E-state index >= 15 is 0 Å². The van der Waals surface area contributed by atoms with Crippen molar-refractivity contribution in [1.82, 2.24) is 10.2 Å². The third-order valence-corrected chi connectivity index (χ3v) is 2.93. The second kappa shape index (κ2) is 6.92. The molecule has 6 heteroatoms. The van der Waals surface area contributed by atoms with E-state index in [-0.39, 0.29) is 12.5 Å². The molecule has 20 heavy (non-hydrogen) atoms. The minimum absolute atomic E-state index is 0.149. The van der Waals surface area contributed by atoms with Crippen molar-refractivity contribution >= 4 is 17.5 Å². The molecule has 1 aromatic rings. The summed E-state index contributed by atoms with van der Waals surface area (Å²) in [7, 11) is 5.20. The van der Waals surface area contributed by atoms with Gasteiger partial charge in [-0.3, -0.25) is 4.79 Å². The zero-order valence-corrected chi connectivity index (χ0v) is 13.0. The Balaban J connectivity index is 2.72. The molecular weight excluding hydrogens is 280 g/mol. The molecule has 0 heterocycles. The molecule has 1 rings (SSSR count). The average molecular weight is 301 g/mol. The normalized spacial score (nSPS) is 13.9. The van der Waals surface area contributed by atoms with E-state index in [1.165, 1.54) is 7.11 Å². The van der Waals surface area contributed by atoms with Crippen LogP contribution in [0.5, 0.6) is 5.75 Å². The molecule has 0 saturated carbocycles. The van der Waals surface area contributed by atoms with Crippen LogP contribution in [-0.2, 0) is 0 Å². The fourth-order valence-corrected chi connectivity index (χ4v) is 2.12. The van der Waals surface area contributed by atoms with Gasteiger partial charge in [0.15, 0.2) is 0 Å². The number of aliphatic hydroxyl groups is 1. The number of benzene rings is 1. The van der Waals surface area contributed by atoms with Crippen molar-refractivity contribution < 1.29 is 14.6 Å². The van der Waals surface area contributed by atoms with Gasteiger partial charge in [0.1, 0.15) is 5.75 Å². The second-order valence-corrected chi connectivity index (χ2v) is 5.70. The molecule has 0 bridgehead atoms. The maximum absolute atomic E-state index is 12.1. The summed E-state index contributed by atoms with van der Waals surface area (Å²) in [5.74, 6) is 0.0970. The van der Waals surface area contributed by atoms with Crippen LogP contribution in [-0.4, -0.2) is 55.8 Å². The standard InChI is InChI=1S/C14H21ClN2O3/c1-14(19,9-17(2)3)8-16-13(18)11-6-5-10(15)7-12(11)20-4/h5-7,19H,8-9H2,1-4H3,(H,16,18). The Morgan fingerprint density at radius 3 is 2.70 bits per heavy atom. The fourth-order valence-electron chi connectivity index (χ4n) is 1.96. The van der Waals surface area contributed by atoms with Crippen molar-refractivity contribution in [2.75, 3.05) is 34.3 Å². The molecule has 0 fully saturated rings. The highest BCUT2D eigenvalue weighted by atomic mass is 35.5. The van der Waals surface area contributed by atoms with E-state index in [9.17, 15) is 9.90 Å². The summed E-state index contributed by atoms with van der Waals surface area (Å²) < 4.78 is 5.13. The molecule has 0 aliphatic rings. The number of carbonyl (C=O) groups excluding carboxylic acids is 1. The van der Waals surface area contributed by atoms with E-state index in [2.05, 4.69) is 5.32 Å². The Bertz CT molecular complexity index is 475. The van der Waals surface area contributed by atoms with Crippen molar-refractivity contribution in [3.8, 4) is 5.75 Å². The first-order valence-corrected chi connectivity index (χ1v) is 6.62. The molecule has 112 valence electrons. The molecule has 5 nitrogen and oxygen atoms in total. The smallest absolute Gasteiger partial charge is 0.255 e. The number of hydrogen-bond acceptors (Lipinski definition) is 4. The van der Waals surface area contributed by atoms with Gasteiger partial charge in [-0.15, -0.1) is 0 Å². The number of halogens is 1. The number of carbonyl (C=O) groups is 1. The summed E-state index contributed by atoms with van der Waals surface area (Å²) >= 11 is 5.85. The van der Waals surface area contributed by atoms with Crippen molar-refractivity contribution in [2.24, 2.45) is 0 Å². The van der Waals surface area contributed by atoms with Gasteiger partial charge < -0.3 is 20.1 Å². The average Bonchev–Trinajstić information content (AvgIpc) is 2.34. The maximum atomic E-state index is 12.1. The topological polar surface area (TPSA) is 61.8 Å². The molecule has 1 atom stereocenters. The quantitative estimate of drug-likeness (QED) is 0.833. The monoisotopic (exact) mass is 300 g/mol. The van der Waals surface area contributed by atoms with Gasteiger partial charge in [-0.05, 0) is 39.2 Å². The lowest BCUT2D eigenvalue weighted by molar-refractivity contribution is 0.0325. The number of nitrogens with zero attached hydrogens (tertiary/aromatic N) is 1. The van der Waals surface area contributed by atoms with E-state index in [1.54, 1.807) is 25.1 Å². The summed E-state index contributed by atoms with van der Waals surface area (Å²) in [5.41, 5.74) is -0.615. The van der Waals surface area contributed by atoms with Crippen LogP contribution in [0.1, 0.15) is 17.3 Å². The number of nitrogens with one attached hydrogen (secondary N) is 1. The molecule has 0 aliphatic carbocycles. The molecule has 1 unspecified atom stereocenters. The van der Waals surface area contributed by atoms with Crippen molar-refractivity contribution in [2.45, 2.75) is 12.5 Å². The first kappa shape index (κ1) is 16.8. The van der Waals surface area contributed by atoms with Crippen LogP contribution in [0.15, 0.2) is 18.2 Å². The zero-order chi connectivity index (χ0) is 15.3. The van der Waals surface area contributed by atoms with Gasteiger partial charge in [0, 0.05) is 18.1 Å². The summed E-state index contributed by atoms with van der Waals surface area (Å²) in [6.45, 7) is 2.27. The number of hydrogen-bond donors (Lipinski definition) is 2. The van der Waals surface area contributed by atoms with Crippen LogP contribution in [0.4, 0.5) is 0 Å². The Morgan fingerprint density at radius 1 is 1.50 bits per heavy atom. The Hall–Kier alpha value is -1.30. The van der Waals surface area contributed by atoms with E-state index in [4.69, 9.17) is 16.3 Å². The Labute approximate surface area is 124 Å². The van der Waals surface area contributed by atoms with Crippen molar-refractivity contribution in [1.29, 1.82) is 0 Å². The molecule has 0 saturated heterocycles. The highest BCUT2D eigenvalue weighted by Gasteiger charge is 2.23. The largest absolute Gasteiger partial charge is 0.496 e. The van der Waals surface area contributed by atoms with Crippen molar-refractivity contribution in [3.63, 3.8) is 0 Å². The molecule has 0 spiro atoms. The highest BCUT2D eigenvalue weighted by molar-refractivity contribution is 6.30. The molecule has 2 N–H and O–H groups in total. The van der Waals surface area contributed by atoms with Gasteiger partial charge in [-0.1, -0.05) is 11.6 Å². The molecular formula is C14H21ClN2O3. The van der Waals surface area contributed by atoms with Crippen LogP contribution in [0, 0.1) is 0 Å². The second-order valence-electron chi connectivity index (χ2n) is 5.26.